The molecule has 0 fully saturated rings. The monoisotopic (exact) mass is 300 g/mol. The Morgan fingerprint density at radius 2 is 1.89 bits per heavy atom. The van der Waals surface area contributed by atoms with Crippen LogP contribution in [0, 0.1) is 0 Å². The van der Waals surface area contributed by atoms with E-state index in [4.69, 9.17) is 0 Å². The van der Waals surface area contributed by atoms with Crippen molar-refractivity contribution in [3.8, 4) is 0 Å². The fraction of sp³-hybridized carbons (Fsp3) is 0.500. The van der Waals surface area contributed by atoms with Crippen molar-refractivity contribution in [2.45, 2.75) is 25.7 Å². The summed E-state index contributed by atoms with van der Waals surface area (Å²) in [6.07, 6.45) is 11.9. The van der Waals surface area contributed by atoms with E-state index < -0.39 is 0 Å². The molecule has 1 aliphatic rings. The molecule has 0 amide bonds. The van der Waals surface area contributed by atoms with Crippen molar-refractivity contribution in [1.82, 2.24) is 0 Å². The molecule has 0 aromatic rings. The van der Waals surface area contributed by atoms with Gasteiger partial charge in [0, 0.05) is 0 Å². The normalized spacial score (nSPS) is 20.4. The topological polar surface area (TPSA) is 0 Å². The molecule has 0 aromatic heterocycles. The first-order valence-electron chi connectivity index (χ1n) is 3.37. The third-order valence-corrected chi connectivity index (χ3v) is 2.48. The van der Waals surface area contributed by atoms with Gasteiger partial charge in [-0.25, -0.2) is 0 Å². The first-order valence-corrected chi connectivity index (χ1v) is 4.56. The summed E-state index contributed by atoms with van der Waals surface area (Å²) in [6.45, 7) is 0. The molecule has 0 saturated carbocycles. The van der Waals surface area contributed by atoms with Gasteiger partial charge in [-0.15, -0.1) is 0 Å². The molecular weight excluding hydrogens is 288 g/mol. The number of hydrogen-bond donors (Lipinski definition) is 0. The predicted octanol–water partition coefficient (Wildman–Crippen LogP) is 2.55. The quantitative estimate of drug-likeness (QED) is 0.603. The first kappa shape index (κ1) is 7.24. The Morgan fingerprint density at radius 3 is 2.78 bits per heavy atom. The van der Waals surface area contributed by atoms with Crippen LogP contribution < -0.4 is 0 Å². The van der Waals surface area contributed by atoms with Gasteiger partial charge in [-0.2, -0.15) is 0 Å². The molecule has 0 bridgehead atoms. The Bertz CT molecular complexity index is 134. The Hall–Kier alpha value is 0.129. The van der Waals surface area contributed by atoms with Crippen LogP contribution in [0.1, 0.15) is 25.7 Å². The van der Waals surface area contributed by atoms with Crippen LogP contribution in [0.5, 0.6) is 0 Å². The molecule has 1 aliphatic carbocycles. The molecule has 0 atom stereocenters. The zero-order valence-corrected chi connectivity index (χ0v) is 7.79. The number of rotatable bonds is 0. The second-order valence-corrected chi connectivity index (χ2v) is 3.75. The van der Waals surface area contributed by atoms with Crippen molar-refractivity contribution in [3.63, 3.8) is 0 Å². The molecule has 1 rings (SSSR count). The van der Waals surface area contributed by atoms with Gasteiger partial charge in [0.2, 0.25) is 0 Å². The van der Waals surface area contributed by atoms with E-state index in [1.807, 2.05) is 0 Å². The fourth-order valence-electron chi connectivity index (χ4n) is 0.882. The average Bonchev–Trinajstić information content (AvgIpc) is 1.79. The summed E-state index contributed by atoms with van der Waals surface area (Å²) in [6, 6.07) is 0. The maximum absolute atomic E-state index is 2.35. The number of hydrogen-bond acceptors (Lipinski definition) is 0. The van der Waals surface area contributed by atoms with Gasteiger partial charge in [0.15, 0.2) is 0 Å². The molecule has 0 aromatic carbocycles. The second-order valence-electron chi connectivity index (χ2n) is 2.21. The number of allylic oxidation sites excluding steroid dienone is 4. The summed E-state index contributed by atoms with van der Waals surface area (Å²) in [5.74, 6) is 0. The SMILES string of the molecule is [Ir][C]1=CCCC=CCC1. The van der Waals surface area contributed by atoms with Crippen LogP contribution in [0.15, 0.2) is 22.3 Å². The van der Waals surface area contributed by atoms with Gasteiger partial charge in [0.05, 0.1) is 0 Å². The zero-order chi connectivity index (χ0) is 6.53. The van der Waals surface area contributed by atoms with Crippen LogP contribution in [-0.4, -0.2) is 0 Å². The van der Waals surface area contributed by atoms with Gasteiger partial charge in [-0.05, 0) is 0 Å². The minimum absolute atomic E-state index is 1.23. The van der Waals surface area contributed by atoms with E-state index in [-0.39, 0.29) is 0 Å². The summed E-state index contributed by atoms with van der Waals surface area (Å²) < 4.78 is 1.55. The van der Waals surface area contributed by atoms with Crippen LogP contribution >= 0.6 is 0 Å². The standard InChI is InChI=1S/C8H11.Ir/c1-2-4-6-8-7-5-3-1;/h1-2,7H,3-6H2;. The van der Waals surface area contributed by atoms with Gasteiger partial charge in [0.1, 0.15) is 0 Å². The van der Waals surface area contributed by atoms with Crippen molar-refractivity contribution in [3.05, 3.63) is 22.3 Å². The third-order valence-electron chi connectivity index (χ3n) is 1.40. The molecule has 0 nitrogen and oxygen atoms in total. The molecule has 0 saturated heterocycles. The van der Waals surface area contributed by atoms with Gasteiger partial charge in [0.25, 0.3) is 0 Å². The molecule has 9 heavy (non-hydrogen) atoms. The van der Waals surface area contributed by atoms with Crippen molar-refractivity contribution < 1.29 is 18.9 Å². The van der Waals surface area contributed by atoms with Gasteiger partial charge in [-0.1, -0.05) is 0 Å². The maximum atomic E-state index is 2.35. The first-order chi connectivity index (χ1) is 4.39. The van der Waals surface area contributed by atoms with Crippen molar-refractivity contribution in [1.29, 1.82) is 0 Å². The molecule has 0 aliphatic heterocycles. The molecule has 52 valence electrons. The molecule has 0 heterocycles. The average molecular weight is 299 g/mol. The van der Waals surface area contributed by atoms with Crippen LogP contribution in [0.2, 0.25) is 0 Å². The van der Waals surface area contributed by atoms with E-state index in [0.717, 1.165) is 0 Å². The van der Waals surface area contributed by atoms with E-state index in [1.54, 1.807) is 4.09 Å². The Labute approximate surface area is 67.2 Å². The fourth-order valence-corrected chi connectivity index (χ4v) is 1.57. The Balaban J connectivity index is 2.41. The minimum atomic E-state index is 1.23. The summed E-state index contributed by atoms with van der Waals surface area (Å²) in [5.41, 5.74) is 0. The molecule has 0 N–H and O–H groups in total. The zero-order valence-electron chi connectivity index (χ0n) is 5.39. The third kappa shape index (κ3) is 2.98. The molecule has 1 heteroatoms. The van der Waals surface area contributed by atoms with E-state index in [2.05, 4.69) is 37.1 Å². The van der Waals surface area contributed by atoms with Gasteiger partial charge >= 0.3 is 66.9 Å². The van der Waals surface area contributed by atoms with E-state index >= 15 is 0 Å². The summed E-state index contributed by atoms with van der Waals surface area (Å²) >= 11 is 2.22. The van der Waals surface area contributed by atoms with Crippen LogP contribution in [0.4, 0.5) is 0 Å². The van der Waals surface area contributed by atoms with Gasteiger partial charge < -0.3 is 0 Å². The van der Waals surface area contributed by atoms with E-state index in [0.29, 0.717) is 0 Å². The van der Waals surface area contributed by atoms with Crippen molar-refractivity contribution in [2.75, 3.05) is 0 Å². The predicted molar refractivity (Wildman–Crippen MR) is 35.7 cm³/mol. The second kappa shape index (κ2) is 4.03. The molecular formula is C8H11Ir. The molecule has 0 radical (unpaired) electrons. The Morgan fingerprint density at radius 1 is 1.11 bits per heavy atom. The molecule has 0 spiro atoms. The summed E-state index contributed by atoms with van der Waals surface area (Å²) in [4.78, 5) is 0. The summed E-state index contributed by atoms with van der Waals surface area (Å²) in [7, 11) is 0. The van der Waals surface area contributed by atoms with Crippen molar-refractivity contribution in [2.24, 2.45) is 0 Å². The van der Waals surface area contributed by atoms with Crippen molar-refractivity contribution >= 4 is 0 Å². The van der Waals surface area contributed by atoms with E-state index in [9.17, 15) is 0 Å². The Kier molecular flexibility index (Phi) is 3.24. The van der Waals surface area contributed by atoms with Crippen LogP contribution in [0.25, 0.3) is 0 Å². The van der Waals surface area contributed by atoms with Crippen LogP contribution in [0.3, 0.4) is 0 Å². The molecule has 0 unspecified atom stereocenters. The van der Waals surface area contributed by atoms with E-state index in [1.165, 1.54) is 25.7 Å². The van der Waals surface area contributed by atoms with Gasteiger partial charge in [-0.3, -0.25) is 0 Å². The summed E-state index contributed by atoms with van der Waals surface area (Å²) in [5, 5.41) is 0. The van der Waals surface area contributed by atoms with Crippen LogP contribution in [-0.2, 0) is 18.9 Å².